The van der Waals surface area contributed by atoms with Gasteiger partial charge in [0.15, 0.2) is 6.54 Å². The first-order valence-corrected chi connectivity index (χ1v) is 7.97. The number of quaternary nitrogens is 1. The summed E-state index contributed by atoms with van der Waals surface area (Å²) in [6.45, 7) is 3.63. The maximum Gasteiger partial charge on any atom is 0.279 e. The van der Waals surface area contributed by atoms with Crippen LogP contribution in [0.25, 0.3) is 0 Å². The van der Waals surface area contributed by atoms with E-state index in [0.717, 1.165) is 22.8 Å². The lowest BCUT2D eigenvalue weighted by molar-refractivity contribution is -0.871. The Bertz CT molecular complexity index is 647. The van der Waals surface area contributed by atoms with Crippen LogP contribution in [0.5, 0.6) is 5.75 Å². The van der Waals surface area contributed by atoms with Crippen molar-refractivity contribution in [2.45, 2.75) is 6.92 Å². The topological polar surface area (TPSA) is 42.8 Å². The van der Waals surface area contributed by atoms with Gasteiger partial charge in [-0.3, -0.25) is 4.79 Å². The Kier molecular flexibility index (Phi) is 6.44. The number of benzene rings is 2. The van der Waals surface area contributed by atoms with Crippen LogP contribution in [0.15, 0.2) is 48.5 Å². The third-order valence-electron chi connectivity index (χ3n) is 3.40. The molecule has 4 nitrogen and oxygen atoms in total. The molecule has 0 aliphatic heterocycles. The predicted molar refractivity (Wildman–Crippen MR) is 93.4 cm³/mol. The molecule has 0 aliphatic rings. The molecule has 0 aliphatic carbocycles. The fourth-order valence-corrected chi connectivity index (χ4v) is 2.42. The van der Waals surface area contributed by atoms with Crippen LogP contribution in [0.3, 0.4) is 0 Å². The van der Waals surface area contributed by atoms with Crippen molar-refractivity contribution in [1.29, 1.82) is 0 Å². The molecule has 0 saturated heterocycles. The van der Waals surface area contributed by atoms with Crippen molar-refractivity contribution in [2.75, 3.05) is 32.1 Å². The average molecular weight is 334 g/mol. The van der Waals surface area contributed by atoms with Gasteiger partial charge in [-0.1, -0.05) is 35.9 Å². The summed E-state index contributed by atoms with van der Waals surface area (Å²) in [5.41, 5.74) is 1.71. The number of hydrogen-bond acceptors (Lipinski definition) is 2. The van der Waals surface area contributed by atoms with Gasteiger partial charge in [0, 0.05) is 0 Å². The highest BCUT2D eigenvalue weighted by molar-refractivity contribution is 6.33. The number of rotatable bonds is 7. The van der Waals surface area contributed by atoms with E-state index < -0.39 is 0 Å². The Hall–Kier alpha value is -2.04. The lowest BCUT2D eigenvalue weighted by Crippen LogP contribution is -3.10. The highest BCUT2D eigenvalue weighted by Gasteiger charge is 2.12. The summed E-state index contributed by atoms with van der Waals surface area (Å²) < 4.78 is 5.64. The number of hydrogen-bond donors (Lipinski definition) is 2. The molecule has 0 heterocycles. The number of para-hydroxylation sites is 1. The monoisotopic (exact) mass is 333 g/mol. The minimum atomic E-state index is -0.0621. The number of anilines is 1. The SMILES string of the molecule is Cc1ccc(NC(=O)C[NH+](C)CCOc2ccccc2)c(Cl)c1. The number of aryl methyl sites for hydroxylation is 1. The van der Waals surface area contributed by atoms with Crippen molar-refractivity contribution in [3.05, 3.63) is 59.1 Å². The van der Waals surface area contributed by atoms with E-state index in [-0.39, 0.29) is 5.91 Å². The molecule has 0 bridgehead atoms. The summed E-state index contributed by atoms with van der Waals surface area (Å²) in [7, 11) is 1.96. The van der Waals surface area contributed by atoms with Gasteiger partial charge in [0.25, 0.3) is 5.91 Å². The Morgan fingerprint density at radius 1 is 1.22 bits per heavy atom. The van der Waals surface area contributed by atoms with Crippen molar-refractivity contribution in [3.63, 3.8) is 0 Å². The third-order valence-corrected chi connectivity index (χ3v) is 3.71. The van der Waals surface area contributed by atoms with Gasteiger partial charge in [-0.2, -0.15) is 0 Å². The van der Waals surface area contributed by atoms with Crippen molar-refractivity contribution in [1.82, 2.24) is 0 Å². The molecule has 0 spiro atoms. The maximum absolute atomic E-state index is 12.1. The van der Waals surface area contributed by atoms with Crippen LogP contribution < -0.4 is 15.0 Å². The average Bonchev–Trinajstić information content (AvgIpc) is 2.51. The lowest BCUT2D eigenvalue weighted by Gasteiger charge is -2.15. The van der Waals surface area contributed by atoms with E-state index in [1.165, 1.54) is 0 Å². The van der Waals surface area contributed by atoms with Crippen molar-refractivity contribution < 1.29 is 14.4 Å². The largest absolute Gasteiger partial charge is 0.488 e. The Labute approximate surface area is 142 Å². The summed E-state index contributed by atoms with van der Waals surface area (Å²) in [5.74, 6) is 0.782. The Morgan fingerprint density at radius 3 is 2.65 bits per heavy atom. The van der Waals surface area contributed by atoms with Crippen molar-refractivity contribution >= 4 is 23.2 Å². The van der Waals surface area contributed by atoms with Crippen LogP contribution in [0.4, 0.5) is 5.69 Å². The highest BCUT2D eigenvalue weighted by Crippen LogP contribution is 2.22. The molecule has 122 valence electrons. The highest BCUT2D eigenvalue weighted by atomic mass is 35.5. The number of carbonyl (C=O) groups is 1. The van der Waals surface area contributed by atoms with Gasteiger partial charge in [-0.25, -0.2) is 0 Å². The second kappa shape index (κ2) is 8.56. The summed E-state index contributed by atoms with van der Waals surface area (Å²) in [6, 6.07) is 15.2. The first-order chi connectivity index (χ1) is 11.0. The molecule has 5 heteroatoms. The summed E-state index contributed by atoms with van der Waals surface area (Å²) in [4.78, 5) is 13.1. The molecule has 1 amide bonds. The number of amides is 1. The van der Waals surface area contributed by atoms with E-state index in [1.54, 1.807) is 0 Å². The zero-order valence-corrected chi connectivity index (χ0v) is 14.2. The van der Waals surface area contributed by atoms with Crippen LogP contribution in [-0.2, 0) is 4.79 Å². The molecule has 2 aromatic carbocycles. The second-order valence-electron chi connectivity index (χ2n) is 5.58. The number of ether oxygens (including phenoxy) is 1. The van der Waals surface area contributed by atoms with Gasteiger partial charge in [0.2, 0.25) is 0 Å². The fraction of sp³-hybridized carbons (Fsp3) is 0.278. The number of likely N-dealkylation sites (N-methyl/N-ethyl adjacent to an activating group) is 1. The van der Waals surface area contributed by atoms with Crippen LogP contribution in [-0.4, -0.2) is 32.7 Å². The zero-order chi connectivity index (χ0) is 16.7. The molecule has 1 unspecified atom stereocenters. The molecule has 0 radical (unpaired) electrons. The first-order valence-electron chi connectivity index (χ1n) is 7.60. The Morgan fingerprint density at radius 2 is 1.96 bits per heavy atom. The molecule has 2 N–H and O–H groups in total. The zero-order valence-electron chi connectivity index (χ0n) is 13.4. The van der Waals surface area contributed by atoms with Gasteiger partial charge >= 0.3 is 0 Å². The third kappa shape index (κ3) is 5.93. The summed E-state index contributed by atoms with van der Waals surface area (Å²) >= 11 is 6.12. The predicted octanol–water partition coefficient (Wildman–Crippen LogP) is 2.18. The van der Waals surface area contributed by atoms with Gasteiger partial charge in [0.1, 0.15) is 18.9 Å². The molecular weight excluding hydrogens is 312 g/mol. The summed E-state index contributed by atoms with van der Waals surface area (Å²) in [6.07, 6.45) is 0. The minimum Gasteiger partial charge on any atom is -0.488 e. The first kappa shape index (κ1) is 17.3. The molecule has 1 atom stereocenters. The van der Waals surface area contributed by atoms with Crippen LogP contribution in [0.2, 0.25) is 5.02 Å². The standard InChI is InChI=1S/C18H21ClN2O2/c1-14-8-9-17(16(19)12-14)20-18(22)13-21(2)10-11-23-15-6-4-3-5-7-15/h3-9,12H,10-11,13H2,1-2H3,(H,20,22)/p+1. The number of halogens is 1. The van der Waals surface area contributed by atoms with E-state index in [2.05, 4.69) is 5.32 Å². The van der Waals surface area contributed by atoms with Gasteiger partial charge in [-0.05, 0) is 36.8 Å². The van der Waals surface area contributed by atoms with Crippen molar-refractivity contribution in [3.8, 4) is 5.75 Å². The van der Waals surface area contributed by atoms with E-state index in [4.69, 9.17) is 16.3 Å². The Balaban J connectivity index is 1.74. The van der Waals surface area contributed by atoms with E-state index >= 15 is 0 Å². The number of nitrogens with one attached hydrogen (secondary N) is 2. The second-order valence-corrected chi connectivity index (χ2v) is 5.98. The molecule has 0 saturated carbocycles. The fourth-order valence-electron chi connectivity index (χ4n) is 2.14. The minimum absolute atomic E-state index is 0.0621. The smallest absolute Gasteiger partial charge is 0.279 e. The number of carbonyl (C=O) groups excluding carboxylic acids is 1. The van der Waals surface area contributed by atoms with Gasteiger partial charge in [0.05, 0.1) is 17.8 Å². The van der Waals surface area contributed by atoms with Crippen LogP contribution in [0, 0.1) is 6.92 Å². The summed E-state index contributed by atoms with van der Waals surface area (Å²) in [5, 5.41) is 3.40. The normalized spacial score (nSPS) is 11.8. The molecular formula is C18H22ClN2O2+. The van der Waals surface area contributed by atoms with Crippen LogP contribution in [0.1, 0.15) is 5.56 Å². The molecule has 2 aromatic rings. The molecule has 0 fully saturated rings. The van der Waals surface area contributed by atoms with E-state index in [1.807, 2.05) is 62.5 Å². The van der Waals surface area contributed by atoms with E-state index in [9.17, 15) is 4.79 Å². The molecule has 2 rings (SSSR count). The van der Waals surface area contributed by atoms with Crippen molar-refractivity contribution in [2.24, 2.45) is 0 Å². The van der Waals surface area contributed by atoms with Gasteiger partial charge < -0.3 is 15.0 Å². The quantitative estimate of drug-likeness (QED) is 0.815. The van der Waals surface area contributed by atoms with E-state index in [0.29, 0.717) is 23.9 Å². The van der Waals surface area contributed by atoms with Crippen LogP contribution >= 0.6 is 11.6 Å². The lowest BCUT2D eigenvalue weighted by atomic mass is 10.2. The maximum atomic E-state index is 12.1. The molecule has 0 aromatic heterocycles. The molecule has 23 heavy (non-hydrogen) atoms. The van der Waals surface area contributed by atoms with Gasteiger partial charge in [-0.15, -0.1) is 0 Å².